The predicted molar refractivity (Wildman–Crippen MR) is 55.4 cm³/mol. The Bertz CT molecular complexity index is 299. The maximum atomic E-state index is 11.4. The Labute approximate surface area is 87.1 Å². The van der Waals surface area contributed by atoms with Crippen molar-refractivity contribution in [3.8, 4) is 0 Å². The molecule has 0 bridgehead atoms. The van der Waals surface area contributed by atoms with E-state index in [0.29, 0.717) is 18.8 Å². The van der Waals surface area contributed by atoms with Gasteiger partial charge in [-0.1, -0.05) is 6.92 Å². The summed E-state index contributed by atoms with van der Waals surface area (Å²) in [5.74, 6) is -0.0746. The van der Waals surface area contributed by atoms with Gasteiger partial charge in [-0.15, -0.1) is 11.3 Å². The largest absolute Gasteiger partial charge is 0.373 e. The molecule has 0 aliphatic rings. The molecule has 0 aromatic carbocycles. The fraction of sp³-hybridized carbons (Fsp3) is 0.556. The van der Waals surface area contributed by atoms with Gasteiger partial charge in [0.2, 0.25) is 5.78 Å². The average Bonchev–Trinajstić information content (AvgIpc) is 2.66. The lowest BCUT2D eigenvalue weighted by Crippen LogP contribution is -2.10. The van der Waals surface area contributed by atoms with E-state index >= 15 is 0 Å². The molecule has 0 radical (unpaired) electrons. The van der Waals surface area contributed by atoms with Gasteiger partial charge in [-0.3, -0.25) is 4.79 Å². The maximum Gasteiger partial charge on any atom is 0.207 e. The number of ketones is 1. The number of nitrogens with zero attached hydrogens (tertiary/aromatic N) is 1. The monoisotopic (exact) mass is 214 g/mol. The van der Waals surface area contributed by atoms with Gasteiger partial charge < -0.3 is 10.5 Å². The zero-order valence-corrected chi connectivity index (χ0v) is 8.97. The van der Waals surface area contributed by atoms with Crippen molar-refractivity contribution in [2.75, 3.05) is 13.2 Å². The van der Waals surface area contributed by atoms with Gasteiger partial charge in [0.05, 0.1) is 0 Å². The summed E-state index contributed by atoms with van der Waals surface area (Å²) in [4.78, 5) is 15.5. The minimum atomic E-state index is -0.0746. The first-order valence-electron chi connectivity index (χ1n) is 4.53. The van der Waals surface area contributed by atoms with E-state index in [2.05, 4.69) is 4.98 Å². The molecule has 1 rings (SSSR count). The third kappa shape index (κ3) is 3.17. The summed E-state index contributed by atoms with van der Waals surface area (Å²) in [7, 11) is 0. The van der Waals surface area contributed by atoms with Crippen LogP contribution in [0.25, 0.3) is 0 Å². The van der Waals surface area contributed by atoms with Gasteiger partial charge in [0, 0.05) is 18.5 Å². The van der Waals surface area contributed by atoms with Gasteiger partial charge in [0.25, 0.3) is 0 Å². The zero-order chi connectivity index (χ0) is 10.4. The molecule has 0 aliphatic heterocycles. The van der Waals surface area contributed by atoms with E-state index in [1.165, 1.54) is 11.3 Å². The van der Waals surface area contributed by atoms with Crippen LogP contribution in [0.4, 0.5) is 0 Å². The van der Waals surface area contributed by atoms with E-state index in [4.69, 9.17) is 10.5 Å². The standard InChI is InChI=1S/C9H14N2O2S/c1-2-3-13-5-8(12)7-6-14-9(4-10)11-7/h6H,2-5,10H2,1H3. The second kappa shape index (κ2) is 5.85. The molecular weight excluding hydrogens is 200 g/mol. The minimum Gasteiger partial charge on any atom is -0.373 e. The van der Waals surface area contributed by atoms with Crippen LogP contribution < -0.4 is 5.73 Å². The van der Waals surface area contributed by atoms with Crippen LogP contribution in [0.5, 0.6) is 0 Å². The number of carbonyl (C=O) groups is 1. The number of aromatic nitrogens is 1. The van der Waals surface area contributed by atoms with Crippen LogP contribution >= 0.6 is 11.3 Å². The number of rotatable bonds is 6. The highest BCUT2D eigenvalue weighted by molar-refractivity contribution is 7.09. The number of thiazole rings is 1. The number of hydrogen-bond donors (Lipinski definition) is 1. The number of nitrogens with two attached hydrogens (primary N) is 1. The first-order chi connectivity index (χ1) is 6.77. The summed E-state index contributed by atoms with van der Waals surface area (Å²) >= 11 is 1.40. The Balaban J connectivity index is 2.44. The van der Waals surface area contributed by atoms with E-state index in [-0.39, 0.29) is 12.4 Å². The highest BCUT2D eigenvalue weighted by Gasteiger charge is 2.09. The van der Waals surface area contributed by atoms with Gasteiger partial charge in [-0.05, 0) is 6.42 Å². The molecule has 78 valence electrons. The number of carbonyl (C=O) groups excluding carboxylic acids is 1. The Morgan fingerprint density at radius 2 is 2.50 bits per heavy atom. The average molecular weight is 214 g/mol. The molecule has 0 amide bonds. The molecule has 14 heavy (non-hydrogen) atoms. The van der Waals surface area contributed by atoms with Crippen molar-refractivity contribution in [3.63, 3.8) is 0 Å². The van der Waals surface area contributed by atoms with Crippen LogP contribution in [0, 0.1) is 0 Å². The quantitative estimate of drug-likeness (QED) is 0.571. The van der Waals surface area contributed by atoms with Crippen LogP contribution in [0.2, 0.25) is 0 Å². The summed E-state index contributed by atoms with van der Waals surface area (Å²) in [5.41, 5.74) is 5.85. The van der Waals surface area contributed by atoms with Gasteiger partial charge >= 0.3 is 0 Å². The van der Waals surface area contributed by atoms with Crippen molar-refractivity contribution < 1.29 is 9.53 Å². The van der Waals surface area contributed by atoms with E-state index < -0.39 is 0 Å². The first kappa shape index (κ1) is 11.3. The molecule has 1 heterocycles. The van der Waals surface area contributed by atoms with Crippen molar-refractivity contribution in [2.24, 2.45) is 5.73 Å². The number of hydrogen-bond acceptors (Lipinski definition) is 5. The molecule has 1 aromatic heterocycles. The molecule has 0 saturated carbocycles. The lowest BCUT2D eigenvalue weighted by Gasteiger charge is -1.98. The molecule has 0 spiro atoms. The third-order valence-electron chi connectivity index (χ3n) is 1.59. The summed E-state index contributed by atoms with van der Waals surface area (Å²) in [6, 6.07) is 0. The summed E-state index contributed by atoms with van der Waals surface area (Å²) in [6.45, 7) is 3.11. The lowest BCUT2D eigenvalue weighted by molar-refractivity contribution is 0.0757. The van der Waals surface area contributed by atoms with Crippen molar-refractivity contribution in [3.05, 3.63) is 16.1 Å². The van der Waals surface area contributed by atoms with E-state index in [1.807, 2.05) is 6.92 Å². The summed E-state index contributed by atoms with van der Waals surface area (Å²) < 4.78 is 5.13. The summed E-state index contributed by atoms with van der Waals surface area (Å²) in [5, 5.41) is 2.50. The molecule has 1 aromatic rings. The molecule has 2 N–H and O–H groups in total. The van der Waals surface area contributed by atoms with E-state index in [0.717, 1.165) is 11.4 Å². The Morgan fingerprint density at radius 3 is 3.07 bits per heavy atom. The van der Waals surface area contributed by atoms with Crippen molar-refractivity contribution in [2.45, 2.75) is 19.9 Å². The van der Waals surface area contributed by atoms with Gasteiger partial charge in [0.1, 0.15) is 17.3 Å². The molecule has 0 fully saturated rings. The zero-order valence-electron chi connectivity index (χ0n) is 8.16. The van der Waals surface area contributed by atoms with Gasteiger partial charge in [0.15, 0.2) is 0 Å². The lowest BCUT2D eigenvalue weighted by atomic mass is 10.3. The highest BCUT2D eigenvalue weighted by Crippen LogP contribution is 2.09. The smallest absolute Gasteiger partial charge is 0.207 e. The second-order valence-corrected chi connectivity index (χ2v) is 3.75. The fourth-order valence-electron chi connectivity index (χ4n) is 0.916. The van der Waals surface area contributed by atoms with Crippen LogP contribution in [0.15, 0.2) is 5.38 Å². The fourth-order valence-corrected chi connectivity index (χ4v) is 1.59. The minimum absolute atomic E-state index is 0.0746. The first-order valence-corrected chi connectivity index (χ1v) is 5.41. The number of ether oxygens (including phenoxy) is 1. The number of Topliss-reactive ketones (excluding diaryl/α,β-unsaturated/α-hetero) is 1. The SMILES string of the molecule is CCCOCC(=O)c1csc(CN)n1. The normalized spacial score (nSPS) is 10.4. The van der Waals surface area contributed by atoms with Gasteiger partial charge in [-0.25, -0.2) is 4.98 Å². The Kier molecular flexibility index (Phi) is 4.72. The van der Waals surface area contributed by atoms with Crippen LogP contribution in [0.3, 0.4) is 0 Å². The topological polar surface area (TPSA) is 65.2 Å². The molecule has 0 saturated heterocycles. The van der Waals surface area contributed by atoms with Gasteiger partial charge in [-0.2, -0.15) is 0 Å². The molecular formula is C9H14N2O2S. The van der Waals surface area contributed by atoms with Crippen molar-refractivity contribution in [1.82, 2.24) is 4.98 Å². The molecule has 0 unspecified atom stereocenters. The molecule has 4 nitrogen and oxygen atoms in total. The van der Waals surface area contributed by atoms with E-state index in [9.17, 15) is 4.79 Å². The maximum absolute atomic E-state index is 11.4. The Hall–Kier alpha value is -0.780. The van der Waals surface area contributed by atoms with Crippen molar-refractivity contribution >= 4 is 17.1 Å². The Morgan fingerprint density at radius 1 is 1.71 bits per heavy atom. The molecule has 0 aliphatic carbocycles. The van der Waals surface area contributed by atoms with Crippen LogP contribution in [-0.4, -0.2) is 24.0 Å². The summed E-state index contributed by atoms with van der Waals surface area (Å²) in [6.07, 6.45) is 0.915. The molecule has 0 atom stereocenters. The molecule has 5 heteroatoms. The second-order valence-electron chi connectivity index (χ2n) is 2.81. The van der Waals surface area contributed by atoms with Crippen LogP contribution in [0.1, 0.15) is 28.8 Å². The third-order valence-corrected chi connectivity index (χ3v) is 2.46. The highest BCUT2D eigenvalue weighted by atomic mass is 32.1. The van der Waals surface area contributed by atoms with Crippen molar-refractivity contribution in [1.29, 1.82) is 0 Å². The van der Waals surface area contributed by atoms with Crippen LogP contribution in [-0.2, 0) is 11.3 Å². The predicted octanol–water partition coefficient (Wildman–Crippen LogP) is 1.21. The van der Waals surface area contributed by atoms with E-state index in [1.54, 1.807) is 5.38 Å².